The largest absolute Gasteiger partial charge is 0.316 e. The van der Waals surface area contributed by atoms with Gasteiger partial charge in [0.2, 0.25) is 0 Å². The third-order valence-corrected chi connectivity index (χ3v) is 7.10. The second-order valence-electron chi connectivity index (χ2n) is 5.37. The molecule has 20 heavy (non-hydrogen) atoms. The van der Waals surface area contributed by atoms with Crippen LogP contribution in [0.25, 0.3) is 0 Å². The Bertz CT molecular complexity index is 542. The summed E-state index contributed by atoms with van der Waals surface area (Å²) in [5, 5.41) is 4.94. The molecule has 0 saturated carbocycles. The molecule has 2 heterocycles. The number of likely N-dealkylation sites (tertiary alicyclic amines) is 1. The first kappa shape index (κ1) is 15.9. The Labute approximate surface area is 125 Å². The molecule has 0 bridgehead atoms. The van der Waals surface area contributed by atoms with Crippen molar-refractivity contribution in [1.82, 2.24) is 14.5 Å². The first-order chi connectivity index (χ1) is 9.45. The fourth-order valence-corrected chi connectivity index (χ4v) is 5.17. The zero-order valence-corrected chi connectivity index (χ0v) is 13.9. The molecule has 0 spiro atoms. The number of nitrogens with one attached hydrogen (secondary N) is 1. The minimum atomic E-state index is -3.35. The van der Waals surface area contributed by atoms with Crippen LogP contribution in [0.3, 0.4) is 0 Å². The monoisotopic (exact) mass is 317 g/mol. The van der Waals surface area contributed by atoms with Crippen LogP contribution in [0, 0.1) is 0 Å². The summed E-state index contributed by atoms with van der Waals surface area (Å²) in [6.07, 6.45) is 2.23. The van der Waals surface area contributed by atoms with Crippen molar-refractivity contribution in [3.63, 3.8) is 0 Å². The summed E-state index contributed by atoms with van der Waals surface area (Å²) in [4.78, 5) is 2.24. The Hall–Kier alpha value is -0.470. The summed E-state index contributed by atoms with van der Waals surface area (Å²) < 4.78 is 27.0. The van der Waals surface area contributed by atoms with Gasteiger partial charge in [0.1, 0.15) is 4.21 Å². The molecule has 1 saturated heterocycles. The molecule has 0 radical (unpaired) electrons. The van der Waals surface area contributed by atoms with E-state index in [0.717, 1.165) is 24.9 Å². The molecule has 7 heteroatoms. The van der Waals surface area contributed by atoms with Gasteiger partial charge in [-0.05, 0) is 50.5 Å². The molecular formula is C13H23N3O2S2. The molecule has 1 aliphatic rings. The zero-order valence-electron chi connectivity index (χ0n) is 12.3. The summed E-state index contributed by atoms with van der Waals surface area (Å²) in [5.74, 6) is 0. The van der Waals surface area contributed by atoms with Crippen LogP contribution in [0.15, 0.2) is 15.7 Å². The average molecular weight is 317 g/mol. The van der Waals surface area contributed by atoms with Crippen LogP contribution >= 0.6 is 11.3 Å². The molecule has 5 nitrogen and oxygen atoms in total. The van der Waals surface area contributed by atoms with Crippen molar-refractivity contribution < 1.29 is 8.42 Å². The molecule has 1 atom stereocenters. The number of sulfonamides is 1. The van der Waals surface area contributed by atoms with Gasteiger partial charge in [-0.2, -0.15) is 4.31 Å². The zero-order chi connectivity index (χ0) is 14.8. The quantitative estimate of drug-likeness (QED) is 0.856. The van der Waals surface area contributed by atoms with Crippen molar-refractivity contribution in [1.29, 1.82) is 0 Å². The maximum Gasteiger partial charge on any atom is 0.252 e. The fourth-order valence-electron chi connectivity index (χ4n) is 2.54. The highest BCUT2D eigenvalue weighted by Crippen LogP contribution is 2.25. The lowest BCUT2D eigenvalue weighted by atomic mass is 10.2. The van der Waals surface area contributed by atoms with E-state index < -0.39 is 10.0 Å². The molecule has 1 unspecified atom stereocenters. The van der Waals surface area contributed by atoms with Crippen molar-refractivity contribution in [2.75, 3.05) is 34.2 Å². The van der Waals surface area contributed by atoms with Gasteiger partial charge in [0.15, 0.2) is 0 Å². The third kappa shape index (κ3) is 3.40. The van der Waals surface area contributed by atoms with E-state index in [1.165, 1.54) is 15.6 Å². The summed E-state index contributed by atoms with van der Waals surface area (Å²) in [7, 11) is 2.25. The number of rotatable bonds is 6. The van der Waals surface area contributed by atoms with Crippen LogP contribution in [-0.2, 0) is 16.6 Å². The van der Waals surface area contributed by atoms with Crippen molar-refractivity contribution in [2.24, 2.45) is 0 Å². The van der Waals surface area contributed by atoms with Crippen LogP contribution in [0.2, 0.25) is 0 Å². The van der Waals surface area contributed by atoms with Gasteiger partial charge in [-0.15, -0.1) is 11.3 Å². The van der Waals surface area contributed by atoms with E-state index in [1.54, 1.807) is 13.1 Å². The lowest BCUT2D eigenvalue weighted by Crippen LogP contribution is -2.39. The van der Waals surface area contributed by atoms with E-state index in [4.69, 9.17) is 0 Å². The minimum Gasteiger partial charge on any atom is -0.316 e. The highest BCUT2D eigenvalue weighted by molar-refractivity contribution is 7.91. The van der Waals surface area contributed by atoms with Gasteiger partial charge in [-0.1, -0.05) is 0 Å². The molecular weight excluding hydrogens is 294 g/mol. The highest BCUT2D eigenvalue weighted by Gasteiger charge is 2.28. The molecule has 1 fully saturated rings. The van der Waals surface area contributed by atoms with Crippen LogP contribution in [-0.4, -0.2) is 57.9 Å². The van der Waals surface area contributed by atoms with Crippen molar-refractivity contribution in [3.05, 3.63) is 17.0 Å². The minimum absolute atomic E-state index is 0.339. The Morgan fingerprint density at radius 1 is 1.55 bits per heavy atom. The van der Waals surface area contributed by atoms with Gasteiger partial charge in [0.25, 0.3) is 10.0 Å². The van der Waals surface area contributed by atoms with E-state index in [9.17, 15) is 8.42 Å². The Balaban J connectivity index is 2.08. The second kappa shape index (κ2) is 6.53. The number of likely N-dealkylation sites (N-methyl/N-ethyl adjacent to an activating group) is 2. The standard InChI is InChI=1S/C13H23N3O2S2/c1-14-8-11-7-13(19-10-11)20(17,18)16(3)9-12-5-4-6-15(12)2/h7,10,12,14H,4-6,8-9H2,1-3H3. The van der Waals surface area contributed by atoms with Crippen LogP contribution in [0.4, 0.5) is 0 Å². The van der Waals surface area contributed by atoms with Crippen LogP contribution in [0.1, 0.15) is 18.4 Å². The summed E-state index contributed by atoms with van der Waals surface area (Å²) in [5.41, 5.74) is 1.02. The molecule has 1 aromatic heterocycles. The maximum atomic E-state index is 12.5. The van der Waals surface area contributed by atoms with Gasteiger partial charge >= 0.3 is 0 Å². The van der Waals surface area contributed by atoms with Crippen molar-refractivity contribution in [2.45, 2.75) is 29.6 Å². The first-order valence-electron chi connectivity index (χ1n) is 6.83. The van der Waals surface area contributed by atoms with E-state index in [0.29, 0.717) is 23.3 Å². The van der Waals surface area contributed by atoms with Gasteiger partial charge in [-0.3, -0.25) is 0 Å². The number of thiophene rings is 1. The Morgan fingerprint density at radius 2 is 2.30 bits per heavy atom. The summed E-state index contributed by atoms with van der Waals surface area (Å²) in [6.45, 7) is 2.32. The lowest BCUT2D eigenvalue weighted by Gasteiger charge is -2.24. The molecule has 0 aliphatic carbocycles. The van der Waals surface area contributed by atoms with E-state index in [2.05, 4.69) is 17.3 Å². The van der Waals surface area contributed by atoms with Gasteiger partial charge in [0.05, 0.1) is 0 Å². The fraction of sp³-hybridized carbons (Fsp3) is 0.692. The average Bonchev–Trinajstić information content (AvgIpc) is 3.00. The van der Waals surface area contributed by atoms with Gasteiger partial charge in [-0.25, -0.2) is 8.42 Å². The van der Waals surface area contributed by atoms with E-state index >= 15 is 0 Å². The third-order valence-electron chi connectivity index (χ3n) is 3.81. The highest BCUT2D eigenvalue weighted by atomic mass is 32.2. The smallest absolute Gasteiger partial charge is 0.252 e. The predicted octanol–water partition coefficient (Wildman–Crippen LogP) is 1.18. The Morgan fingerprint density at radius 3 is 2.90 bits per heavy atom. The van der Waals surface area contributed by atoms with Crippen LogP contribution in [0.5, 0.6) is 0 Å². The number of hydrogen-bond donors (Lipinski definition) is 1. The summed E-state index contributed by atoms with van der Waals surface area (Å²) >= 11 is 1.30. The summed E-state index contributed by atoms with van der Waals surface area (Å²) in [6, 6.07) is 2.11. The Kier molecular flexibility index (Phi) is 5.19. The second-order valence-corrected chi connectivity index (χ2v) is 8.55. The number of hydrogen-bond acceptors (Lipinski definition) is 5. The molecule has 1 aromatic rings. The van der Waals surface area contributed by atoms with E-state index in [-0.39, 0.29) is 0 Å². The number of nitrogens with zero attached hydrogens (tertiary/aromatic N) is 2. The molecule has 1 aliphatic heterocycles. The topological polar surface area (TPSA) is 52.7 Å². The molecule has 1 N–H and O–H groups in total. The SMILES string of the molecule is CNCc1csc(S(=O)(=O)N(C)CC2CCCN2C)c1. The molecule has 0 amide bonds. The predicted molar refractivity (Wildman–Crippen MR) is 82.6 cm³/mol. The molecule has 0 aromatic carbocycles. The molecule has 2 rings (SSSR count). The normalized spacial score (nSPS) is 20.9. The maximum absolute atomic E-state index is 12.5. The van der Waals surface area contributed by atoms with Crippen LogP contribution < -0.4 is 5.32 Å². The van der Waals surface area contributed by atoms with Crippen molar-refractivity contribution in [3.8, 4) is 0 Å². The lowest BCUT2D eigenvalue weighted by molar-refractivity contribution is 0.271. The molecule has 114 valence electrons. The van der Waals surface area contributed by atoms with Crippen molar-refractivity contribution >= 4 is 21.4 Å². The van der Waals surface area contributed by atoms with Gasteiger partial charge < -0.3 is 10.2 Å². The first-order valence-corrected chi connectivity index (χ1v) is 9.15. The van der Waals surface area contributed by atoms with Gasteiger partial charge in [0, 0.05) is 26.2 Å². The van der Waals surface area contributed by atoms with E-state index in [1.807, 2.05) is 12.4 Å².